The minimum absolute atomic E-state index is 0.286. The smallest absolute Gasteiger partial charge is 0.252 e. The van der Waals surface area contributed by atoms with Crippen molar-refractivity contribution in [1.82, 2.24) is 10.3 Å². The number of pyridine rings is 1. The van der Waals surface area contributed by atoms with Gasteiger partial charge in [0.15, 0.2) is 11.5 Å². The first-order chi connectivity index (χ1) is 16.7. The Morgan fingerprint density at radius 1 is 0.853 bits per heavy atom. The van der Waals surface area contributed by atoms with Gasteiger partial charge in [-0.2, -0.15) is 0 Å². The van der Waals surface area contributed by atoms with Crippen molar-refractivity contribution >= 4 is 5.91 Å². The molecule has 1 atom stereocenters. The third kappa shape index (κ3) is 5.35. The van der Waals surface area contributed by atoms with Crippen LogP contribution < -0.4 is 19.5 Å². The van der Waals surface area contributed by atoms with Gasteiger partial charge in [0.25, 0.3) is 5.91 Å². The molecule has 1 unspecified atom stereocenters. The zero-order valence-electron chi connectivity index (χ0n) is 19.1. The van der Waals surface area contributed by atoms with E-state index in [9.17, 15) is 4.79 Å². The molecule has 0 bridgehead atoms. The number of rotatable bonds is 9. The summed E-state index contributed by atoms with van der Waals surface area (Å²) in [6.07, 6.45) is 1.71. The van der Waals surface area contributed by atoms with Gasteiger partial charge >= 0.3 is 0 Å². The van der Waals surface area contributed by atoms with E-state index < -0.39 is 6.04 Å². The molecule has 0 aliphatic carbocycles. The summed E-state index contributed by atoms with van der Waals surface area (Å²) in [5, 5.41) is 3.09. The highest BCUT2D eigenvalue weighted by atomic mass is 16.5. The van der Waals surface area contributed by atoms with Crippen molar-refractivity contribution in [3.8, 4) is 17.2 Å². The van der Waals surface area contributed by atoms with E-state index in [1.54, 1.807) is 18.3 Å². The first-order valence-corrected chi connectivity index (χ1v) is 10.9. The second-order valence-corrected chi connectivity index (χ2v) is 7.56. The van der Waals surface area contributed by atoms with Gasteiger partial charge in [0, 0.05) is 11.8 Å². The fourth-order valence-corrected chi connectivity index (χ4v) is 3.62. The lowest BCUT2D eigenvalue weighted by Crippen LogP contribution is -2.30. The van der Waals surface area contributed by atoms with Gasteiger partial charge in [-0.05, 0) is 35.4 Å². The number of nitrogens with one attached hydrogen (secondary N) is 1. The molecule has 1 amide bonds. The van der Waals surface area contributed by atoms with Gasteiger partial charge in [-0.1, -0.05) is 66.7 Å². The van der Waals surface area contributed by atoms with E-state index in [0.29, 0.717) is 29.4 Å². The molecular formula is C28H26N2O4. The number of hydrogen-bond acceptors (Lipinski definition) is 5. The molecule has 172 valence electrons. The second-order valence-electron chi connectivity index (χ2n) is 7.56. The Labute approximate surface area is 199 Å². The van der Waals surface area contributed by atoms with Crippen molar-refractivity contribution < 1.29 is 19.0 Å². The van der Waals surface area contributed by atoms with Crippen LogP contribution in [-0.4, -0.2) is 25.1 Å². The summed E-state index contributed by atoms with van der Waals surface area (Å²) in [5.41, 5.74) is 3.06. The van der Waals surface area contributed by atoms with Gasteiger partial charge in [-0.3, -0.25) is 9.78 Å². The number of methoxy groups -OCH3 is 2. The third-order valence-corrected chi connectivity index (χ3v) is 5.34. The number of hydrogen-bond donors (Lipinski definition) is 1. The van der Waals surface area contributed by atoms with Gasteiger partial charge in [0.05, 0.1) is 26.0 Å². The molecule has 1 N–H and O–H groups in total. The van der Waals surface area contributed by atoms with Gasteiger partial charge < -0.3 is 19.5 Å². The van der Waals surface area contributed by atoms with E-state index in [2.05, 4.69) is 10.3 Å². The lowest BCUT2D eigenvalue weighted by Gasteiger charge is -2.20. The molecule has 6 nitrogen and oxygen atoms in total. The maximum absolute atomic E-state index is 13.3. The van der Waals surface area contributed by atoms with Crippen LogP contribution in [0.5, 0.6) is 17.2 Å². The lowest BCUT2D eigenvalue weighted by molar-refractivity contribution is 0.0941. The van der Waals surface area contributed by atoms with Crippen molar-refractivity contribution in [2.75, 3.05) is 14.2 Å². The fourth-order valence-electron chi connectivity index (χ4n) is 3.62. The number of amides is 1. The molecule has 0 spiro atoms. The Morgan fingerprint density at radius 2 is 1.47 bits per heavy atom. The molecule has 0 fully saturated rings. The van der Waals surface area contributed by atoms with E-state index in [4.69, 9.17) is 14.2 Å². The maximum atomic E-state index is 13.3. The van der Waals surface area contributed by atoms with Crippen LogP contribution in [-0.2, 0) is 6.61 Å². The Balaban J connectivity index is 1.61. The van der Waals surface area contributed by atoms with Crippen LogP contribution in [0.25, 0.3) is 0 Å². The van der Waals surface area contributed by atoms with Crippen molar-refractivity contribution in [2.45, 2.75) is 12.6 Å². The Hall–Kier alpha value is -4.32. The molecule has 0 aliphatic heterocycles. The Morgan fingerprint density at radius 3 is 2.06 bits per heavy atom. The number of carbonyl (C=O) groups excluding carboxylic acids is 1. The number of nitrogens with zero attached hydrogens (tertiary/aromatic N) is 1. The zero-order chi connectivity index (χ0) is 23.8. The molecule has 1 aromatic heterocycles. The van der Waals surface area contributed by atoms with Crippen molar-refractivity contribution in [3.63, 3.8) is 0 Å². The van der Waals surface area contributed by atoms with E-state index >= 15 is 0 Å². The maximum Gasteiger partial charge on any atom is 0.252 e. The average Bonchev–Trinajstić information content (AvgIpc) is 2.91. The Bertz CT molecular complexity index is 1150. The lowest BCUT2D eigenvalue weighted by atomic mass is 10.0. The topological polar surface area (TPSA) is 69.7 Å². The molecule has 4 rings (SSSR count). The van der Waals surface area contributed by atoms with Crippen LogP contribution in [0.1, 0.15) is 33.2 Å². The van der Waals surface area contributed by atoms with Gasteiger partial charge in [0.2, 0.25) is 5.75 Å². The van der Waals surface area contributed by atoms with Crippen LogP contribution in [0.4, 0.5) is 0 Å². The quantitative estimate of drug-likeness (QED) is 0.377. The van der Waals surface area contributed by atoms with E-state index in [0.717, 1.165) is 16.8 Å². The molecule has 1 heterocycles. The summed E-state index contributed by atoms with van der Waals surface area (Å²) >= 11 is 0. The minimum atomic E-state index is -0.416. The third-order valence-electron chi connectivity index (χ3n) is 5.34. The second kappa shape index (κ2) is 11.0. The van der Waals surface area contributed by atoms with Crippen LogP contribution in [0.2, 0.25) is 0 Å². The normalized spacial score (nSPS) is 11.4. The van der Waals surface area contributed by atoms with Crippen molar-refractivity contribution in [3.05, 3.63) is 120 Å². The molecule has 4 aromatic rings. The van der Waals surface area contributed by atoms with Crippen LogP contribution >= 0.6 is 0 Å². The highest BCUT2D eigenvalue weighted by molar-refractivity contribution is 5.96. The van der Waals surface area contributed by atoms with Crippen LogP contribution in [0.3, 0.4) is 0 Å². The number of ether oxygens (including phenoxy) is 3. The zero-order valence-corrected chi connectivity index (χ0v) is 19.1. The largest absolute Gasteiger partial charge is 0.493 e. The molecule has 6 heteroatoms. The molecule has 34 heavy (non-hydrogen) atoms. The Kier molecular flexibility index (Phi) is 7.40. The summed E-state index contributed by atoms with van der Waals surface area (Å²) in [6.45, 7) is 0.342. The molecule has 0 radical (unpaired) electrons. The molecule has 0 aliphatic rings. The van der Waals surface area contributed by atoms with Gasteiger partial charge in [-0.15, -0.1) is 0 Å². The summed E-state index contributed by atoms with van der Waals surface area (Å²) in [5.74, 6) is 0.976. The molecular weight excluding hydrogens is 428 g/mol. The predicted molar refractivity (Wildman–Crippen MR) is 130 cm³/mol. The number of benzene rings is 3. The summed E-state index contributed by atoms with van der Waals surface area (Å²) in [4.78, 5) is 17.8. The first kappa shape index (κ1) is 22.9. The summed E-state index contributed by atoms with van der Waals surface area (Å²) in [6, 6.07) is 28.0. The standard InChI is InChI=1S/C28H26N2O4/c1-32-24-17-22(18-25(33-2)27(24)34-19-20-11-5-3-6-12-20)28(31)30-26(21-13-7-4-8-14-21)23-15-9-10-16-29-23/h3-18,26H,19H2,1-2H3,(H,30,31). The average molecular weight is 455 g/mol. The first-order valence-electron chi connectivity index (χ1n) is 10.9. The molecule has 0 saturated carbocycles. The minimum Gasteiger partial charge on any atom is -0.493 e. The monoisotopic (exact) mass is 454 g/mol. The van der Waals surface area contributed by atoms with E-state index in [1.807, 2.05) is 78.9 Å². The van der Waals surface area contributed by atoms with E-state index in [-0.39, 0.29) is 5.91 Å². The van der Waals surface area contributed by atoms with Gasteiger partial charge in [-0.25, -0.2) is 0 Å². The summed E-state index contributed by atoms with van der Waals surface area (Å²) in [7, 11) is 3.07. The van der Waals surface area contributed by atoms with E-state index in [1.165, 1.54) is 14.2 Å². The highest BCUT2D eigenvalue weighted by Gasteiger charge is 2.22. The van der Waals surface area contributed by atoms with Crippen LogP contribution in [0, 0.1) is 0 Å². The van der Waals surface area contributed by atoms with Crippen molar-refractivity contribution in [1.29, 1.82) is 0 Å². The van der Waals surface area contributed by atoms with Crippen molar-refractivity contribution in [2.24, 2.45) is 0 Å². The number of aromatic nitrogens is 1. The SMILES string of the molecule is COc1cc(C(=O)NC(c2ccccc2)c2ccccn2)cc(OC)c1OCc1ccccc1. The molecule has 3 aromatic carbocycles. The summed E-state index contributed by atoms with van der Waals surface area (Å²) < 4.78 is 17.1. The molecule has 0 saturated heterocycles. The fraction of sp³-hybridized carbons (Fsp3) is 0.143. The number of carbonyl (C=O) groups is 1. The predicted octanol–water partition coefficient (Wildman–Crippen LogP) is 5.20. The van der Waals surface area contributed by atoms with Crippen LogP contribution in [0.15, 0.2) is 97.2 Å². The highest BCUT2D eigenvalue weighted by Crippen LogP contribution is 2.39. The van der Waals surface area contributed by atoms with Gasteiger partial charge in [0.1, 0.15) is 6.61 Å².